The zero-order chi connectivity index (χ0) is 8.65. The first kappa shape index (κ1) is 8.62. The minimum atomic E-state index is 0.380. The van der Waals surface area contributed by atoms with Crippen molar-refractivity contribution >= 4 is 23.2 Å². The Balaban J connectivity index is 2.92. The van der Waals surface area contributed by atoms with Gasteiger partial charge in [-0.15, -0.1) is 0 Å². The first-order chi connectivity index (χ1) is 4.96. The largest absolute Gasteiger partial charge is 0.396 e. The van der Waals surface area contributed by atoms with Crippen LogP contribution in [0.15, 0.2) is 5.16 Å². The van der Waals surface area contributed by atoms with Crippen LogP contribution in [-0.4, -0.2) is 29.6 Å². The Morgan fingerprint density at radius 2 is 2.00 bits per heavy atom. The quantitative estimate of drug-likeness (QED) is 0.441. The van der Waals surface area contributed by atoms with Gasteiger partial charge in [-0.05, 0) is 5.16 Å². The van der Waals surface area contributed by atoms with Crippen molar-refractivity contribution in [2.75, 3.05) is 14.1 Å². The van der Waals surface area contributed by atoms with Crippen LogP contribution in [0.3, 0.4) is 0 Å². The van der Waals surface area contributed by atoms with Gasteiger partial charge in [0.15, 0.2) is 0 Å². The summed E-state index contributed by atoms with van der Waals surface area (Å²) in [5.41, 5.74) is 0. The molecular weight excluding hydrogens is 160 g/mol. The van der Waals surface area contributed by atoms with E-state index in [-0.39, 0.29) is 0 Å². The van der Waals surface area contributed by atoms with Crippen LogP contribution >= 0.6 is 12.2 Å². The van der Waals surface area contributed by atoms with Gasteiger partial charge in [0.05, 0.1) is 20.0 Å². The molecule has 0 saturated carbocycles. The number of rotatable bonds is 1. The van der Waals surface area contributed by atoms with E-state index in [1.165, 1.54) is 0 Å². The molecule has 0 aliphatic carbocycles. The highest BCUT2D eigenvalue weighted by atomic mass is 32.1. The average Bonchev–Trinajstić information content (AvgIpc) is 2.08. The van der Waals surface area contributed by atoms with Crippen LogP contribution in [0.5, 0.6) is 0 Å². The van der Waals surface area contributed by atoms with E-state index in [0.29, 0.717) is 15.6 Å². The Morgan fingerprint density at radius 3 is 2.18 bits per heavy atom. The van der Waals surface area contributed by atoms with Gasteiger partial charge in [0.1, 0.15) is 0 Å². The fraction of sp³-hybridized carbons (Fsp3) is 0.714. The Bertz CT molecular complexity index is 220. The summed E-state index contributed by atoms with van der Waals surface area (Å²) < 4.78 is 0.493. The molecule has 11 heavy (non-hydrogen) atoms. The lowest BCUT2D eigenvalue weighted by Crippen LogP contribution is -2.47. The first-order valence-corrected chi connectivity index (χ1v) is 4.01. The molecule has 0 aromatic carbocycles. The number of thiocarbonyl (C=S) groups is 1. The van der Waals surface area contributed by atoms with Crippen molar-refractivity contribution < 1.29 is 9.32 Å². The van der Waals surface area contributed by atoms with E-state index in [2.05, 4.69) is 19.0 Å². The standard InChI is InChI=1S/C7H13N2OS/c1-5(2)6-8-10-7(11)9(6,3)4/h5H,1-4H3/q+1. The molecule has 0 bridgehead atoms. The van der Waals surface area contributed by atoms with Gasteiger partial charge < -0.3 is 0 Å². The molecule has 4 heteroatoms. The maximum absolute atomic E-state index is 4.99. The van der Waals surface area contributed by atoms with Crippen molar-refractivity contribution in [3.63, 3.8) is 0 Å². The number of amidine groups is 1. The van der Waals surface area contributed by atoms with E-state index in [9.17, 15) is 0 Å². The molecule has 1 heterocycles. The van der Waals surface area contributed by atoms with E-state index >= 15 is 0 Å². The van der Waals surface area contributed by atoms with Crippen molar-refractivity contribution in [2.24, 2.45) is 11.1 Å². The second-order valence-corrected chi connectivity index (χ2v) is 3.76. The third-order valence-electron chi connectivity index (χ3n) is 1.76. The van der Waals surface area contributed by atoms with Crippen molar-refractivity contribution in [1.29, 1.82) is 0 Å². The molecule has 0 unspecified atom stereocenters. The number of hydrogen-bond donors (Lipinski definition) is 0. The van der Waals surface area contributed by atoms with Crippen LogP contribution in [0.1, 0.15) is 13.8 Å². The molecule has 0 saturated heterocycles. The normalized spacial score (nSPS) is 21.9. The van der Waals surface area contributed by atoms with Crippen LogP contribution in [0, 0.1) is 5.92 Å². The molecule has 0 N–H and O–H groups in total. The maximum Gasteiger partial charge on any atom is 0.396 e. The highest BCUT2D eigenvalue weighted by Gasteiger charge is 2.40. The Labute approximate surface area is 72.2 Å². The van der Waals surface area contributed by atoms with Crippen molar-refractivity contribution in [1.82, 2.24) is 0 Å². The van der Waals surface area contributed by atoms with Gasteiger partial charge in [-0.1, -0.05) is 13.8 Å². The van der Waals surface area contributed by atoms with Crippen LogP contribution in [-0.2, 0) is 4.84 Å². The summed E-state index contributed by atoms with van der Waals surface area (Å²) in [6.45, 7) is 4.16. The summed E-state index contributed by atoms with van der Waals surface area (Å²) in [7, 11) is 3.96. The monoisotopic (exact) mass is 173 g/mol. The van der Waals surface area contributed by atoms with Gasteiger partial charge in [0, 0.05) is 12.2 Å². The summed E-state index contributed by atoms with van der Waals surface area (Å²) in [6.07, 6.45) is 0. The minimum Gasteiger partial charge on any atom is -0.286 e. The zero-order valence-corrected chi connectivity index (χ0v) is 8.10. The topological polar surface area (TPSA) is 21.6 Å². The fourth-order valence-electron chi connectivity index (χ4n) is 1.13. The van der Waals surface area contributed by atoms with Gasteiger partial charge in [-0.25, -0.2) is 4.48 Å². The third kappa shape index (κ3) is 1.28. The lowest BCUT2D eigenvalue weighted by molar-refractivity contribution is -0.703. The van der Waals surface area contributed by atoms with E-state index in [4.69, 9.17) is 17.1 Å². The molecule has 0 aromatic rings. The third-order valence-corrected chi connectivity index (χ3v) is 2.29. The molecule has 0 aromatic heterocycles. The molecular formula is C7H13N2OS+. The Kier molecular flexibility index (Phi) is 1.98. The lowest BCUT2D eigenvalue weighted by Gasteiger charge is -2.21. The summed E-state index contributed by atoms with van der Waals surface area (Å²) in [6, 6.07) is 0. The molecule has 1 aliphatic rings. The summed E-state index contributed by atoms with van der Waals surface area (Å²) >= 11 is 4.99. The number of quaternary nitrogens is 1. The number of hydrogen-bond acceptors (Lipinski definition) is 3. The van der Waals surface area contributed by atoms with Gasteiger partial charge in [-0.2, -0.15) is 0 Å². The van der Waals surface area contributed by atoms with Crippen LogP contribution in [0.4, 0.5) is 0 Å². The molecule has 3 nitrogen and oxygen atoms in total. The minimum absolute atomic E-state index is 0.380. The van der Waals surface area contributed by atoms with Gasteiger partial charge >= 0.3 is 5.17 Å². The van der Waals surface area contributed by atoms with Crippen LogP contribution in [0.2, 0.25) is 0 Å². The van der Waals surface area contributed by atoms with Crippen molar-refractivity contribution in [3.05, 3.63) is 0 Å². The van der Waals surface area contributed by atoms with Gasteiger partial charge in [0.2, 0.25) is 5.84 Å². The van der Waals surface area contributed by atoms with E-state index < -0.39 is 0 Å². The van der Waals surface area contributed by atoms with Crippen LogP contribution in [0.25, 0.3) is 0 Å². The smallest absolute Gasteiger partial charge is 0.286 e. The lowest BCUT2D eigenvalue weighted by atomic mass is 10.2. The van der Waals surface area contributed by atoms with Crippen molar-refractivity contribution in [2.45, 2.75) is 13.8 Å². The fourth-order valence-corrected chi connectivity index (χ4v) is 1.27. The maximum atomic E-state index is 4.99. The van der Waals surface area contributed by atoms with Gasteiger partial charge in [-0.3, -0.25) is 4.84 Å². The highest BCUT2D eigenvalue weighted by molar-refractivity contribution is 7.79. The van der Waals surface area contributed by atoms with Gasteiger partial charge in [0.25, 0.3) is 0 Å². The summed E-state index contributed by atoms with van der Waals surface area (Å²) in [4.78, 5) is 4.93. The zero-order valence-electron chi connectivity index (χ0n) is 7.29. The molecule has 62 valence electrons. The van der Waals surface area contributed by atoms with Crippen molar-refractivity contribution in [3.8, 4) is 0 Å². The SMILES string of the molecule is CC(C)C1=NOC(=S)[N+]1(C)C. The predicted molar refractivity (Wildman–Crippen MR) is 48.1 cm³/mol. The molecule has 1 aliphatic heterocycles. The molecule has 1 rings (SSSR count). The van der Waals surface area contributed by atoms with E-state index in [0.717, 1.165) is 5.84 Å². The summed E-state index contributed by atoms with van der Waals surface area (Å²) in [5, 5.41) is 4.44. The number of oxime groups is 1. The van der Waals surface area contributed by atoms with E-state index in [1.54, 1.807) is 0 Å². The Hall–Kier alpha value is -0.480. The second kappa shape index (κ2) is 2.53. The first-order valence-electron chi connectivity index (χ1n) is 3.60. The molecule has 0 radical (unpaired) electrons. The predicted octanol–water partition coefficient (Wildman–Crippen LogP) is 1.35. The summed E-state index contributed by atoms with van der Waals surface area (Å²) in [5.74, 6) is 1.36. The molecule has 0 atom stereocenters. The van der Waals surface area contributed by atoms with E-state index in [1.807, 2.05) is 14.1 Å². The number of nitrogens with zero attached hydrogens (tertiary/aromatic N) is 2. The molecule has 0 spiro atoms. The molecule has 0 amide bonds. The highest BCUT2D eigenvalue weighted by Crippen LogP contribution is 2.18. The molecule has 0 fully saturated rings. The average molecular weight is 173 g/mol. The Morgan fingerprint density at radius 1 is 1.45 bits per heavy atom. The van der Waals surface area contributed by atoms with Crippen LogP contribution < -0.4 is 0 Å². The second-order valence-electron chi connectivity index (χ2n) is 3.41.